The van der Waals surface area contributed by atoms with Gasteiger partial charge in [0.05, 0.1) is 11.0 Å². The number of nitrogens with two attached hydrogens (primary N) is 1. The van der Waals surface area contributed by atoms with Gasteiger partial charge in [0.25, 0.3) is 11.6 Å². The number of nitrogens with zero attached hydrogens (tertiary/aromatic N) is 3. The van der Waals surface area contributed by atoms with Gasteiger partial charge in [0.15, 0.2) is 0 Å². The minimum atomic E-state index is -0.523. The molecule has 9 heteroatoms. The number of amides is 1. The topological polar surface area (TPSA) is 124 Å². The van der Waals surface area contributed by atoms with Crippen LogP contribution in [0.3, 0.4) is 0 Å². The Balaban J connectivity index is 2.20. The van der Waals surface area contributed by atoms with Crippen LogP contribution < -0.4 is 11.1 Å². The van der Waals surface area contributed by atoms with E-state index in [1.807, 2.05) is 0 Å². The molecule has 0 aliphatic carbocycles. The van der Waals surface area contributed by atoms with Crippen molar-refractivity contribution >= 4 is 28.1 Å². The molecular formula is C12H13N5O3S. The van der Waals surface area contributed by atoms with E-state index in [-0.39, 0.29) is 17.3 Å². The standard InChI is InChI=1S/C12H13N5O3S/c1-6-3-4-8(5-9(6)17(19)20)10(18)14-12-16-15-11(21-12)7(2)13/h3-5,7H,13H2,1-2H3,(H,14,16,18). The molecule has 1 heterocycles. The van der Waals surface area contributed by atoms with Crippen LogP contribution in [-0.4, -0.2) is 21.0 Å². The Bertz CT molecular complexity index is 698. The summed E-state index contributed by atoms with van der Waals surface area (Å²) in [5, 5.41) is 22.0. The molecule has 0 radical (unpaired) electrons. The molecule has 2 rings (SSSR count). The summed E-state index contributed by atoms with van der Waals surface area (Å²) in [7, 11) is 0. The van der Waals surface area contributed by atoms with Crippen LogP contribution in [0, 0.1) is 17.0 Å². The maximum atomic E-state index is 12.1. The van der Waals surface area contributed by atoms with Crippen LogP contribution in [0.25, 0.3) is 0 Å². The molecule has 0 bridgehead atoms. The summed E-state index contributed by atoms with van der Waals surface area (Å²) in [6.45, 7) is 3.37. The first-order chi connectivity index (χ1) is 9.88. The lowest BCUT2D eigenvalue weighted by Crippen LogP contribution is -2.12. The van der Waals surface area contributed by atoms with Crippen LogP contribution in [0.5, 0.6) is 0 Å². The molecule has 1 unspecified atom stereocenters. The van der Waals surface area contributed by atoms with Gasteiger partial charge in [-0.1, -0.05) is 17.4 Å². The number of nitro benzene ring substituents is 1. The third-order valence-corrected chi connectivity index (χ3v) is 3.76. The van der Waals surface area contributed by atoms with E-state index in [1.165, 1.54) is 18.2 Å². The summed E-state index contributed by atoms with van der Waals surface area (Å²) in [5.41, 5.74) is 6.24. The van der Waals surface area contributed by atoms with Crippen LogP contribution in [0.1, 0.15) is 33.9 Å². The largest absolute Gasteiger partial charge is 0.322 e. The Morgan fingerprint density at radius 2 is 2.19 bits per heavy atom. The fourth-order valence-corrected chi connectivity index (χ4v) is 2.28. The minimum Gasteiger partial charge on any atom is -0.322 e. The number of nitro groups is 1. The van der Waals surface area contributed by atoms with Gasteiger partial charge >= 0.3 is 0 Å². The molecule has 1 amide bonds. The summed E-state index contributed by atoms with van der Waals surface area (Å²) in [4.78, 5) is 22.4. The smallest absolute Gasteiger partial charge is 0.273 e. The van der Waals surface area contributed by atoms with Crippen molar-refractivity contribution in [3.8, 4) is 0 Å². The summed E-state index contributed by atoms with van der Waals surface area (Å²) >= 11 is 1.16. The highest BCUT2D eigenvalue weighted by molar-refractivity contribution is 7.15. The van der Waals surface area contributed by atoms with Gasteiger partial charge in [0.2, 0.25) is 5.13 Å². The highest BCUT2D eigenvalue weighted by Gasteiger charge is 2.16. The molecule has 21 heavy (non-hydrogen) atoms. The van der Waals surface area contributed by atoms with Gasteiger partial charge in [-0.15, -0.1) is 10.2 Å². The maximum absolute atomic E-state index is 12.1. The van der Waals surface area contributed by atoms with Gasteiger partial charge in [-0.2, -0.15) is 0 Å². The van der Waals surface area contributed by atoms with Gasteiger partial charge in [-0.05, 0) is 19.9 Å². The fraction of sp³-hybridized carbons (Fsp3) is 0.250. The maximum Gasteiger partial charge on any atom is 0.273 e. The van der Waals surface area contributed by atoms with Crippen molar-refractivity contribution in [3.05, 3.63) is 44.4 Å². The van der Waals surface area contributed by atoms with Crippen LogP contribution in [0.15, 0.2) is 18.2 Å². The molecule has 0 spiro atoms. The van der Waals surface area contributed by atoms with Crippen molar-refractivity contribution in [1.82, 2.24) is 10.2 Å². The van der Waals surface area contributed by atoms with E-state index in [4.69, 9.17) is 5.73 Å². The first kappa shape index (κ1) is 15.0. The number of benzene rings is 1. The molecule has 0 saturated carbocycles. The SMILES string of the molecule is Cc1ccc(C(=O)Nc2nnc(C(C)N)s2)cc1[N+](=O)[O-]. The van der Waals surface area contributed by atoms with Gasteiger partial charge < -0.3 is 5.73 Å². The Morgan fingerprint density at radius 3 is 2.76 bits per heavy atom. The van der Waals surface area contributed by atoms with Crippen molar-refractivity contribution in [1.29, 1.82) is 0 Å². The highest BCUT2D eigenvalue weighted by atomic mass is 32.1. The molecule has 0 fully saturated rings. The van der Waals surface area contributed by atoms with Gasteiger partial charge in [0.1, 0.15) is 5.01 Å². The third-order valence-electron chi connectivity index (χ3n) is 2.72. The number of nitrogens with one attached hydrogen (secondary N) is 1. The number of aromatic nitrogens is 2. The molecule has 1 aromatic carbocycles. The highest BCUT2D eigenvalue weighted by Crippen LogP contribution is 2.22. The number of anilines is 1. The summed E-state index contributed by atoms with van der Waals surface area (Å²) in [6.07, 6.45) is 0. The van der Waals surface area contributed by atoms with Gasteiger partial charge in [-0.25, -0.2) is 0 Å². The first-order valence-electron chi connectivity index (χ1n) is 6.04. The number of aryl methyl sites for hydroxylation is 1. The van der Waals surface area contributed by atoms with E-state index < -0.39 is 10.8 Å². The second-order valence-corrected chi connectivity index (χ2v) is 5.46. The molecule has 3 N–H and O–H groups in total. The van der Waals surface area contributed by atoms with E-state index >= 15 is 0 Å². The van der Waals surface area contributed by atoms with E-state index in [2.05, 4.69) is 15.5 Å². The minimum absolute atomic E-state index is 0.101. The van der Waals surface area contributed by atoms with Crippen LogP contribution in [0.4, 0.5) is 10.8 Å². The molecule has 0 aliphatic heterocycles. The van der Waals surface area contributed by atoms with E-state index in [0.717, 1.165) is 11.3 Å². The number of carbonyl (C=O) groups excluding carboxylic acids is 1. The quantitative estimate of drug-likeness (QED) is 0.657. The monoisotopic (exact) mass is 307 g/mol. The van der Waals surface area contributed by atoms with E-state index in [0.29, 0.717) is 15.7 Å². The van der Waals surface area contributed by atoms with Crippen LogP contribution in [-0.2, 0) is 0 Å². The Hall–Kier alpha value is -2.39. The van der Waals surface area contributed by atoms with Crippen molar-refractivity contribution in [2.45, 2.75) is 19.9 Å². The van der Waals surface area contributed by atoms with Crippen molar-refractivity contribution in [2.24, 2.45) is 5.73 Å². The van der Waals surface area contributed by atoms with Gasteiger partial charge in [0, 0.05) is 17.2 Å². The Morgan fingerprint density at radius 1 is 1.48 bits per heavy atom. The van der Waals surface area contributed by atoms with Crippen molar-refractivity contribution in [3.63, 3.8) is 0 Å². The Kier molecular flexibility index (Phi) is 4.24. The predicted molar refractivity (Wildman–Crippen MR) is 78.3 cm³/mol. The number of hydrogen-bond donors (Lipinski definition) is 2. The summed E-state index contributed by atoms with van der Waals surface area (Å²) in [5.74, 6) is -0.481. The van der Waals surface area contributed by atoms with E-state index in [9.17, 15) is 14.9 Å². The van der Waals surface area contributed by atoms with Crippen LogP contribution in [0.2, 0.25) is 0 Å². The zero-order valence-electron chi connectivity index (χ0n) is 11.4. The predicted octanol–water partition coefficient (Wildman–Crippen LogP) is 2.03. The molecule has 1 aromatic heterocycles. The average Bonchev–Trinajstić information content (AvgIpc) is 2.87. The fourth-order valence-electron chi connectivity index (χ4n) is 1.59. The number of rotatable bonds is 4. The number of hydrogen-bond acceptors (Lipinski definition) is 7. The lowest BCUT2D eigenvalue weighted by Gasteiger charge is -2.03. The lowest BCUT2D eigenvalue weighted by molar-refractivity contribution is -0.385. The second kappa shape index (κ2) is 5.94. The summed E-state index contributed by atoms with van der Waals surface area (Å²) < 4.78 is 0. The van der Waals surface area contributed by atoms with Gasteiger partial charge in [-0.3, -0.25) is 20.2 Å². The molecule has 2 aromatic rings. The number of carbonyl (C=O) groups is 1. The lowest BCUT2D eigenvalue weighted by atomic mass is 10.1. The van der Waals surface area contributed by atoms with E-state index in [1.54, 1.807) is 13.8 Å². The zero-order chi connectivity index (χ0) is 15.6. The second-order valence-electron chi connectivity index (χ2n) is 4.45. The first-order valence-corrected chi connectivity index (χ1v) is 6.85. The molecule has 1 atom stereocenters. The summed E-state index contributed by atoms with van der Waals surface area (Å²) in [6, 6.07) is 4.01. The van der Waals surface area contributed by atoms with Crippen molar-refractivity contribution in [2.75, 3.05) is 5.32 Å². The van der Waals surface area contributed by atoms with Crippen molar-refractivity contribution < 1.29 is 9.72 Å². The normalized spacial score (nSPS) is 12.0. The zero-order valence-corrected chi connectivity index (χ0v) is 12.2. The third kappa shape index (κ3) is 3.38. The Labute approximate surface area is 124 Å². The molecule has 0 saturated heterocycles. The van der Waals surface area contributed by atoms with Crippen LogP contribution >= 0.6 is 11.3 Å². The molecule has 0 aliphatic rings. The average molecular weight is 307 g/mol. The molecular weight excluding hydrogens is 294 g/mol. The molecule has 110 valence electrons. The molecule has 8 nitrogen and oxygen atoms in total.